The molecular formula is C18H29IN4OS2. The number of carbonyl (C=O) groups excluding carboxylic acids is 1. The zero-order valence-electron chi connectivity index (χ0n) is 15.6. The number of fused-ring (bicyclic) bond motifs is 1. The van der Waals surface area contributed by atoms with Crippen molar-refractivity contribution in [2.75, 3.05) is 38.5 Å². The number of thiophene rings is 1. The summed E-state index contributed by atoms with van der Waals surface area (Å²) < 4.78 is 0. The van der Waals surface area contributed by atoms with Crippen LogP contribution in [0.5, 0.6) is 0 Å². The van der Waals surface area contributed by atoms with Crippen LogP contribution in [0.25, 0.3) is 0 Å². The number of halogens is 1. The van der Waals surface area contributed by atoms with Gasteiger partial charge in [-0.2, -0.15) is 11.8 Å². The third-order valence-corrected chi connectivity index (χ3v) is 7.15. The molecule has 1 aromatic rings. The normalized spacial score (nSPS) is 20.4. The van der Waals surface area contributed by atoms with E-state index in [9.17, 15) is 4.79 Å². The Balaban J connectivity index is 0.00000243. The zero-order chi connectivity index (χ0) is 17.6. The highest BCUT2D eigenvalue weighted by molar-refractivity contribution is 14.0. The molecule has 5 nitrogen and oxygen atoms in total. The summed E-state index contributed by atoms with van der Waals surface area (Å²) in [5.74, 6) is 2.15. The molecule has 0 bridgehead atoms. The average molecular weight is 508 g/mol. The van der Waals surface area contributed by atoms with Crippen molar-refractivity contribution in [3.8, 4) is 0 Å². The predicted octanol–water partition coefficient (Wildman–Crippen LogP) is 3.04. The molecule has 0 aromatic carbocycles. The number of carbonyl (C=O) groups is 1. The Morgan fingerprint density at radius 2 is 2.19 bits per heavy atom. The van der Waals surface area contributed by atoms with E-state index < -0.39 is 0 Å². The van der Waals surface area contributed by atoms with Crippen molar-refractivity contribution < 1.29 is 4.79 Å². The smallest absolute Gasteiger partial charge is 0.244 e. The first kappa shape index (κ1) is 21.8. The molecule has 1 aromatic heterocycles. The van der Waals surface area contributed by atoms with Gasteiger partial charge in [0.25, 0.3) is 0 Å². The highest BCUT2D eigenvalue weighted by atomic mass is 127. The number of thioether (sulfide) groups is 1. The Morgan fingerprint density at radius 3 is 2.96 bits per heavy atom. The number of aliphatic imine (C=N–C) groups is 1. The first-order valence-corrected chi connectivity index (χ1v) is 11.1. The van der Waals surface area contributed by atoms with E-state index >= 15 is 0 Å². The summed E-state index contributed by atoms with van der Waals surface area (Å²) in [4.78, 5) is 23.0. The summed E-state index contributed by atoms with van der Waals surface area (Å²) in [6.07, 6.45) is 2.15. The quantitative estimate of drug-likeness (QED) is 0.386. The summed E-state index contributed by atoms with van der Waals surface area (Å²) in [7, 11) is 0. The van der Waals surface area contributed by atoms with Crippen LogP contribution < -0.4 is 5.32 Å². The molecule has 1 atom stereocenters. The summed E-state index contributed by atoms with van der Waals surface area (Å²) in [6, 6.07) is 2.14. The minimum Gasteiger partial charge on any atom is -0.357 e. The molecule has 2 aliphatic rings. The Morgan fingerprint density at radius 1 is 1.35 bits per heavy atom. The topological polar surface area (TPSA) is 47.9 Å². The Hall–Kier alpha value is -0.480. The van der Waals surface area contributed by atoms with Gasteiger partial charge in [0.2, 0.25) is 5.91 Å². The van der Waals surface area contributed by atoms with Gasteiger partial charge in [-0.25, -0.2) is 4.99 Å². The maximum atomic E-state index is 12.6. The maximum absolute atomic E-state index is 12.6. The van der Waals surface area contributed by atoms with Crippen LogP contribution in [-0.4, -0.2) is 65.4 Å². The molecule has 2 aliphatic heterocycles. The summed E-state index contributed by atoms with van der Waals surface area (Å²) in [5, 5.41) is 6.15. The van der Waals surface area contributed by atoms with Gasteiger partial charge in [-0.1, -0.05) is 6.92 Å². The Kier molecular flexibility index (Phi) is 9.02. The van der Waals surface area contributed by atoms with Crippen molar-refractivity contribution in [3.05, 3.63) is 21.9 Å². The van der Waals surface area contributed by atoms with Crippen LogP contribution in [0.1, 0.15) is 30.7 Å². The lowest BCUT2D eigenvalue weighted by Crippen LogP contribution is -2.48. The van der Waals surface area contributed by atoms with Gasteiger partial charge in [0, 0.05) is 48.6 Å². The molecule has 1 N–H and O–H groups in total. The van der Waals surface area contributed by atoms with E-state index in [1.165, 1.54) is 16.9 Å². The van der Waals surface area contributed by atoms with E-state index in [-0.39, 0.29) is 36.4 Å². The number of nitrogens with zero attached hydrogens (tertiary/aromatic N) is 3. The molecule has 1 saturated heterocycles. The molecule has 3 heterocycles. The third-order valence-electron chi connectivity index (χ3n) is 4.75. The molecule has 1 unspecified atom stereocenters. The van der Waals surface area contributed by atoms with Crippen LogP contribution >= 0.6 is 47.1 Å². The van der Waals surface area contributed by atoms with Crippen molar-refractivity contribution in [1.82, 2.24) is 15.1 Å². The Bertz CT molecular complexity index is 622. The van der Waals surface area contributed by atoms with Crippen LogP contribution in [0, 0.1) is 0 Å². The Labute approximate surface area is 182 Å². The zero-order valence-corrected chi connectivity index (χ0v) is 19.5. The maximum Gasteiger partial charge on any atom is 0.244 e. The fourth-order valence-corrected chi connectivity index (χ4v) is 5.36. The van der Waals surface area contributed by atoms with Gasteiger partial charge >= 0.3 is 0 Å². The summed E-state index contributed by atoms with van der Waals surface area (Å²) >= 11 is 3.85. The molecule has 1 fully saturated rings. The van der Waals surface area contributed by atoms with Gasteiger partial charge < -0.3 is 15.1 Å². The van der Waals surface area contributed by atoms with Gasteiger partial charge in [0.1, 0.15) is 6.54 Å². The molecule has 26 heavy (non-hydrogen) atoms. The van der Waals surface area contributed by atoms with Gasteiger partial charge in [-0.05, 0) is 36.8 Å². The van der Waals surface area contributed by atoms with Crippen molar-refractivity contribution in [2.45, 2.75) is 38.5 Å². The summed E-state index contributed by atoms with van der Waals surface area (Å²) in [5.41, 5.74) is 1.30. The minimum atomic E-state index is 0. The standard InChI is InChI=1S/C18H28N4OS2.HI/c1-3-15-13-22(8-10-24-15)18(19-4-2)20-11-17(23)21-7-5-16-14(12-21)6-9-25-16;/h6,9,15H,3-5,7-8,10-13H2,1-2H3,(H,19,20);1H. The number of hydrogen-bond donors (Lipinski definition) is 1. The van der Waals surface area contributed by atoms with Crippen molar-refractivity contribution in [1.29, 1.82) is 0 Å². The number of hydrogen-bond acceptors (Lipinski definition) is 4. The van der Waals surface area contributed by atoms with Gasteiger partial charge in [-0.3, -0.25) is 4.79 Å². The number of nitrogens with one attached hydrogen (secondary N) is 1. The first-order chi connectivity index (χ1) is 12.2. The van der Waals surface area contributed by atoms with Crippen molar-refractivity contribution in [3.63, 3.8) is 0 Å². The lowest BCUT2D eigenvalue weighted by molar-refractivity contribution is -0.130. The molecule has 0 aliphatic carbocycles. The van der Waals surface area contributed by atoms with E-state index in [1.807, 2.05) is 16.7 Å². The second-order valence-corrected chi connectivity index (χ2v) is 8.86. The minimum absolute atomic E-state index is 0. The highest BCUT2D eigenvalue weighted by Crippen LogP contribution is 2.24. The van der Waals surface area contributed by atoms with E-state index in [0.29, 0.717) is 5.25 Å². The van der Waals surface area contributed by atoms with Crippen LogP contribution in [0.15, 0.2) is 16.4 Å². The van der Waals surface area contributed by atoms with Crippen LogP contribution in [-0.2, 0) is 17.8 Å². The molecule has 3 rings (SSSR count). The van der Waals surface area contributed by atoms with Crippen LogP contribution in [0.2, 0.25) is 0 Å². The van der Waals surface area contributed by atoms with E-state index in [0.717, 1.165) is 50.9 Å². The van der Waals surface area contributed by atoms with Crippen LogP contribution in [0.4, 0.5) is 0 Å². The second kappa shape index (κ2) is 10.8. The SMILES string of the molecule is CCNC(=NCC(=O)N1CCc2sccc2C1)N1CCSC(CC)C1.I. The summed E-state index contributed by atoms with van der Waals surface area (Å²) in [6.45, 7) is 8.96. The monoisotopic (exact) mass is 508 g/mol. The number of guanidine groups is 1. The second-order valence-electron chi connectivity index (χ2n) is 6.45. The number of rotatable bonds is 4. The molecule has 0 saturated carbocycles. The molecule has 0 spiro atoms. The van der Waals surface area contributed by atoms with Gasteiger partial charge in [0.05, 0.1) is 0 Å². The molecule has 146 valence electrons. The third kappa shape index (κ3) is 5.51. The van der Waals surface area contributed by atoms with E-state index in [2.05, 4.69) is 40.5 Å². The molecule has 1 amide bonds. The van der Waals surface area contributed by atoms with Crippen LogP contribution in [0.3, 0.4) is 0 Å². The molecule has 0 radical (unpaired) electrons. The average Bonchev–Trinajstić information content (AvgIpc) is 3.12. The van der Waals surface area contributed by atoms with Crippen molar-refractivity contribution in [2.24, 2.45) is 4.99 Å². The highest BCUT2D eigenvalue weighted by Gasteiger charge is 2.23. The van der Waals surface area contributed by atoms with E-state index in [1.54, 1.807) is 11.3 Å². The van der Waals surface area contributed by atoms with E-state index in [4.69, 9.17) is 0 Å². The largest absolute Gasteiger partial charge is 0.357 e. The fraction of sp³-hybridized carbons (Fsp3) is 0.667. The lowest BCUT2D eigenvalue weighted by atomic mass is 10.1. The van der Waals surface area contributed by atoms with Crippen molar-refractivity contribution >= 4 is 58.9 Å². The fourth-order valence-electron chi connectivity index (χ4n) is 3.29. The predicted molar refractivity (Wildman–Crippen MR) is 123 cm³/mol. The van der Waals surface area contributed by atoms with Gasteiger partial charge in [0.15, 0.2) is 5.96 Å². The lowest BCUT2D eigenvalue weighted by Gasteiger charge is -2.34. The molecular weight excluding hydrogens is 479 g/mol. The van der Waals surface area contributed by atoms with Gasteiger partial charge in [-0.15, -0.1) is 35.3 Å². The molecule has 8 heteroatoms. The first-order valence-electron chi connectivity index (χ1n) is 9.19. The number of amides is 1.